The van der Waals surface area contributed by atoms with Gasteiger partial charge in [-0.25, -0.2) is 0 Å². The van der Waals surface area contributed by atoms with Crippen molar-refractivity contribution >= 4 is 5.91 Å². The van der Waals surface area contributed by atoms with Crippen molar-refractivity contribution in [2.24, 2.45) is 29.1 Å². The van der Waals surface area contributed by atoms with Gasteiger partial charge in [0.15, 0.2) is 0 Å². The van der Waals surface area contributed by atoms with E-state index < -0.39 is 0 Å². The largest absolute Gasteiger partial charge is 0.379 e. The molecule has 5 aliphatic rings. The van der Waals surface area contributed by atoms with E-state index in [0.29, 0.717) is 17.9 Å². The monoisotopic (exact) mass is 354 g/mol. The summed E-state index contributed by atoms with van der Waals surface area (Å²) in [7, 11) is 0. The summed E-state index contributed by atoms with van der Waals surface area (Å²) in [6.07, 6.45) is 13.6. The maximum atomic E-state index is 12.9. The Morgan fingerprint density at radius 1 is 1.08 bits per heavy atom. The zero-order chi connectivity index (χ0) is 17.6. The number of hydrogen-bond donors (Lipinski definition) is 1. The Kier molecular flexibility index (Phi) is 4.27. The van der Waals surface area contributed by atoms with E-state index >= 15 is 0 Å². The lowest BCUT2D eigenvalue weighted by Crippen LogP contribution is -2.49. The highest BCUT2D eigenvalue weighted by Crippen LogP contribution is 2.61. The average Bonchev–Trinajstić information content (AvgIpc) is 3.00. The van der Waals surface area contributed by atoms with Gasteiger partial charge in [-0.05, 0) is 85.8 Å². The van der Waals surface area contributed by atoms with E-state index in [-0.39, 0.29) is 11.9 Å². The summed E-state index contributed by atoms with van der Waals surface area (Å²) in [5.41, 5.74) is 1.59. The number of carbonyl (C=O) groups excluding carboxylic acids is 1. The molecule has 5 fully saturated rings. The van der Waals surface area contributed by atoms with Crippen molar-refractivity contribution in [1.29, 1.82) is 0 Å². The number of nitrogens with one attached hydrogen (secondary N) is 1. The molecule has 1 aromatic rings. The molecule has 1 N–H and O–H groups in total. The highest BCUT2D eigenvalue weighted by molar-refractivity contribution is 5.77. The molecule has 1 aromatic heterocycles. The highest BCUT2D eigenvalue weighted by atomic mass is 16.5. The molecule has 2 heterocycles. The van der Waals surface area contributed by atoms with E-state index in [4.69, 9.17) is 4.74 Å². The second-order valence-corrected chi connectivity index (χ2v) is 9.63. The van der Waals surface area contributed by atoms with Gasteiger partial charge in [-0.2, -0.15) is 0 Å². The molecule has 0 radical (unpaired) electrons. The molecule has 1 saturated heterocycles. The summed E-state index contributed by atoms with van der Waals surface area (Å²) in [6.45, 7) is 1.40. The molecule has 26 heavy (non-hydrogen) atoms. The number of amides is 1. The lowest BCUT2D eigenvalue weighted by atomic mass is 9.49. The molecule has 4 heteroatoms. The third kappa shape index (κ3) is 3.28. The van der Waals surface area contributed by atoms with Crippen LogP contribution in [0.2, 0.25) is 0 Å². The highest BCUT2D eigenvalue weighted by Gasteiger charge is 2.51. The molecule has 0 unspecified atom stereocenters. The molecule has 4 aliphatic carbocycles. The summed E-state index contributed by atoms with van der Waals surface area (Å²) < 4.78 is 5.71. The zero-order valence-electron chi connectivity index (χ0n) is 15.5. The molecule has 1 amide bonds. The fourth-order valence-corrected chi connectivity index (χ4v) is 6.89. The van der Waals surface area contributed by atoms with Gasteiger partial charge in [0.25, 0.3) is 0 Å². The Bertz CT molecular complexity index is 624. The van der Waals surface area contributed by atoms with E-state index in [0.717, 1.165) is 37.2 Å². The van der Waals surface area contributed by atoms with Crippen LogP contribution >= 0.6 is 0 Å². The quantitative estimate of drug-likeness (QED) is 0.882. The summed E-state index contributed by atoms with van der Waals surface area (Å²) in [6, 6.07) is 4.28. The molecule has 140 valence electrons. The van der Waals surface area contributed by atoms with Gasteiger partial charge in [0.05, 0.1) is 19.3 Å². The lowest BCUT2D eigenvalue weighted by molar-refractivity contribution is -0.130. The first kappa shape index (κ1) is 16.7. The molecule has 0 aromatic carbocycles. The first-order valence-electron chi connectivity index (χ1n) is 10.4. The number of rotatable bonds is 5. The summed E-state index contributed by atoms with van der Waals surface area (Å²) in [5, 5.41) is 3.34. The van der Waals surface area contributed by atoms with E-state index in [9.17, 15) is 4.79 Å². The summed E-state index contributed by atoms with van der Waals surface area (Å²) >= 11 is 0. The summed E-state index contributed by atoms with van der Waals surface area (Å²) in [5.74, 6) is 3.36. The minimum Gasteiger partial charge on any atom is -0.379 e. The number of ether oxygens (including phenoxy) is 1. The van der Waals surface area contributed by atoms with E-state index in [1.54, 1.807) is 0 Å². The SMILES string of the molecule is O=C(CC12CC3CC(CC(C3)C1)C2)N[C@H]1COC[C@H]1Cc1ccncc1. The van der Waals surface area contributed by atoms with Gasteiger partial charge in [-0.1, -0.05) is 0 Å². The van der Waals surface area contributed by atoms with Crippen LogP contribution in [0, 0.1) is 29.1 Å². The van der Waals surface area contributed by atoms with Crippen LogP contribution in [-0.2, 0) is 16.0 Å². The van der Waals surface area contributed by atoms with Crippen molar-refractivity contribution < 1.29 is 9.53 Å². The van der Waals surface area contributed by atoms with E-state index in [2.05, 4.69) is 22.4 Å². The molecule has 2 atom stereocenters. The maximum absolute atomic E-state index is 12.9. The minimum absolute atomic E-state index is 0.157. The third-order valence-electron chi connectivity index (χ3n) is 7.49. The van der Waals surface area contributed by atoms with Crippen molar-refractivity contribution in [3.8, 4) is 0 Å². The molecule has 4 saturated carbocycles. The topological polar surface area (TPSA) is 51.2 Å². The van der Waals surface area contributed by atoms with E-state index in [1.807, 2.05) is 12.4 Å². The predicted molar refractivity (Wildman–Crippen MR) is 99.4 cm³/mol. The van der Waals surface area contributed by atoms with Crippen molar-refractivity contribution in [2.75, 3.05) is 13.2 Å². The van der Waals surface area contributed by atoms with Crippen LogP contribution < -0.4 is 5.32 Å². The number of nitrogens with zero attached hydrogens (tertiary/aromatic N) is 1. The standard InChI is InChI=1S/C22H30N2O2/c25-21(12-22-9-16-5-17(10-22)7-18(6-16)11-22)24-20-14-26-13-19(20)8-15-1-3-23-4-2-15/h1-4,16-20H,5-14H2,(H,24,25)/t16?,17?,18?,19-,20+,22?/m1/s1. The van der Waals surface area contributed by atoms with Crippen LogP contribution in [0.5, 0.6) is 0 Å². The first-order valence-corrected chi connectivity index (χ1v) is 10.4. The van der Waals surface area contributed by atoms with Gasteiger partial charge < -0.3 is 10.1 Å². The predicted octanol–water partition coefficient (Wildman–Crippen LogP) is 3.36. The second-order valence-electron chi connectivity index (χ2n) is 9.63. The van der Waals surface area contributed by atoms with Crippen molar-refractivity contribution in [2.45, 2.75) is 57.4 Å². The minimum atomic E-state index is 0.157. The van der Waals surface area contributed by atoms with Crippen LogP contribution in [0.4, 0.5) is 0 Å². The number of aromatic nitrogens is 1. The van der Waals surface area contributed by atoms with Gasteiger partial charge in [0.2, 0.25) is 5.91 Å². The Balaban J connectivity index is 1.20. The normalized spacial score (nSPS) is 40.7. The van der Waals surface area contributed by atoms with E-state index in [1.165, 1.54) is 44.1 Å². The molecule has 1 aliphatic heterocycles. The molecule has 0 spiro atoms. The average molecular weight is 354 g/mol. The van der Waals surface area contributed by atoms with Gasteiger partial charge in [-0.3, -0.25) is 9.78 Å². The lowest BCUT2D eigenvalue weighted by Gasteiger charge is -2.56. The van der Waals surface area contributed by atoms with Crippen molar-refractivity contribution in [3.05, 3.63) is 30.1 Å². The number of carbonyl (C=O) groups is 1. The summed E-state index contributed by atoms with van der Waals surface area (Å²) in [4.78, 5) is 17.0. The van der Waals surface area contributed by atoms with Crippen LogP contribution in [0.3, 0.4) is 0 Å². The Hall–Kier alpha value is -1.42. The van der Waals surface area contributed by atoms with Crippen molar-refractivity contribution in [3.63, 3.8) is 0 Å². The smallest absolute Gasteiger partial charge is 0.220 e. The van der Waals surface area contributed by atoms with Gasteiger partial charge in [0, 0.05) is 24.7 Å². The Morgan fingerprint density at radius 3 is 2.38 bits per heavy atom. The molecule has 6 rings (SSSR count). The fourth-order valence-electron chi connectivity index (χ4n) is 6.89. The molecular weight excluding hydrogens is 324 g/mol. The fraction of sp³-hybridized carbons (Fsp3) is 0.727. The molecule has 4 bridgehead atoms. The van der Waals surface area contributed by atoms with Crippen LogP contribution in [0.25, 0.3) is 0 Å². The zero-order valence-corrected chi connectivity index (χ0v) is 15.5. The molecule has 4 nitrogen and oxygen atoms in total. The maximum Gasteiger partial charge on any atom is 0.220 e. The third-order valence-corrected chi connectivity index (χ3v) is 7.49. The van der Waals surface area contributed by atoms with Gasteiger partial charge in [0.1, 0.15) is 0 Å². The molecular formula is C22H30N2O2. The van der Waals surface area contributed by atoms with Crippen LogP contribution in [0.1, 0.15) is 50.5 Å². The van der Waals surface area contributed by atoms with Crippen LogP contribution in [0.15, 0.2) is 24.5 Å². The first-order chi connectivity index (χ1) is 12.7. The number of pyridine rings is 1. The van der Waals surface area contributed by atoms with Gasteiger partial charge >= 0.3 is 0 Å². The van der Waals surface area contributed by atoms with Crippen LogP contribution in [-0.4, -0.2) is 30.1 Å². The Morgan fingerprint density at radius 2 is 1.73 bits per heavy atom. The Labute approximate surface area is 156 Å². The van der Waals surface area contributed by atoms with Crippen molar-refractivity contribution in [1.82, 2.24) is 10.3 Å². The van der Waals surface area contributed by atoms with Gasteiger partial charge in [-0.15, -0.1) is 0 Å². The second kappa shape index (κ2) is 6.63. The number of hydrogen-bond acceptors (Lipinski definition) is 3.